The summed E-state index contributed by atoms with van der Waals surface area (Å²) in [4.78, 5) is 2.36. The molecule has 53 heavy (non-hydrogen) atoms. The highest BCUT2D eigenvalue weighted by atomic mass is 15.1. The minimum absolute atomic E-state index is 1.11. The lowest BCUT2D eigenvalue weighted by molar-refractivity contribution is 1.28. The standard InChI is InChI=1S/C52H35N/c1-2-10-36(11-3-1)43-15-8-16-47(34-43)53(46-32-28-40(29-33-46)49-19-9-14-38-12-4-6-17-48(38)49)45-30-26-37(27-31-45)44-25-22-41-21-24-42-23-20-39-13-5-7-18-50(39)52(42)51(41)35-44/h1-35H. The lowest BCUT2D eigenvalue weighted by Gasteiger charge is -2.26. The highest BCUT2D eigenvalue weighted by molar-refractivity contribution is 6.20. The van der Waals surface area contributed by atoms with E-state index in [1.807, 2.05) is 0 Å². The minimum atomic E-state index is 1.11. The molecule has 0 aromatic heterocycles. The molecule has 1 nitrogen and oxygen atoms in total. The van der Waals surface area contributed by atoms with Crippen LogP contribution in [0, 0.1) is 0 Å². The summed E-state index contributed by atoms with van der Waals surface area (Å²) in [6.07, 6.45) is 0. The van der Waals surface area contributed by atoms with Gasteiger partial charge in [-0.2, -0.15) is 0 Å². The van der Waals surface area contributed by atoms with Crippen molar-refractivity contribution in [2.75, 3.05) is 4.90 Å². The highest BCUT2D eigenvalue weighted by Crippen LogP contribution is 2.40. The van der Waals surface area contributed by atoms with Crippen molar-refractivity contribution in [3.63, 3.8) is 0 Å². The molecule has 0 aliphatic rings. The smallest absolute Gasteiger partial charge is 0.0467 e. The van der Waals surface area contributed by atoms with Crippen LogP contribution in [0.5, 0.6) is 0 Å². The Kier molecular flexibility index (Phi) is 7.55. The van der Waals surface area contributed by atoms with Gasteiger partial charge in [0, 0.05) is 17.1 Å². The lowest BCUT2D eigenvalue weighted by Crippen LogP contribution is -2.10. The van der Waals surface area contributed by atoms with Crippen LogP contribution in [-0.2, 0) is 0 Å². The van der Waals surface area contributed by atoms with E-state index in [1.54, 1.807) is 0 Å². The largest absolute Gasteiger partial charge is 0.310 e. The summed E-state index contributed by atoms with van der Waals surface area (Å²) in [5, 5.41) is 10.2. The van der Waals surface area contributed by atoms with Gasteiger partial charge in [-0.15, -0.1) is 0 Å². The SMILES string of the molecule is c1ccc(-c2cccc(N(c3ccc(-c4ccc5ccc6ccc7ccccc7c6c5c4)cc3)c3ccc(-c4cccc5ccccc45)cc3)c2)cc1. The van der Waals surface area contributed by atoms with Crippen molar-refractivity contribution in [3.05, 3.63) is 212 Å². The predicted molar refractivity (Wildman–Crippen MR) is 227 cm³/mol. The van der Waals surface area contributed by atoms with Crippen molar-refractivity contribution in [1.82, 2.24) is 0 Å². The highest BCUT2D eigenvalue weighted by Gasteiger charge is 2.15. The van der Waals surface area contributed by atoms with Gasteiger partial charge in [-0.1, -0.05) is 170 Å². The fourth-order valence-corrected chi connectivity index (χ4v) is 7.98. The van der Waals surface area contributed by atoms with E-state index in [0.29, 0.717) is 0 Å². The Labute approximate surface area is 309 Å². The zero-order chi connectivity index (χ0) is 35.1. The maximum Gasteiger partial charge on any atom is 0.0467 e. The molecule has 0 unspecified atom stereocenters. The molecule has 0 fully saturated rings. The van der Waals surface area contributed by atoms with Crippen LogP contribution in [-0.4, -0.2) is 0 Å². The molecule has 0 N–H and O–H groups in total. The fourth-order valence-electron chi connectivity index (χ4n) is 7.98. The molecule has 0 atom stereocenters. The van der Waals surface area contributed by atoms with E-state index in [2.05, 4.69) is 217 Å². The Balaban J connectivity index is 1.07. The van der Waals surface area contributed by atoms with Crippen LogP contribution in [0.2, 0.25) is 0 Å². The molecule has 248 valence electrons. The molecule has 10 aromatic carbocycles. The van der Waals surface area contributed by atoms with E-state index in [-0.39, 0.29) is 0 Å². The van der Waals surface area contributed by atoms with Crippen LogP contribution in [0.3, 0.4) is 0 Å². The molecule has 0 amide bonds. The second-order valence-electron chi connectivity index (χ2n) is 13.8. The van der Waals surface area contributed by atoms with Crippen molar-refractivity contribution in [3.8, 4) is 33.4 Å². The Morgan fingerprint density at radius 1 is 0.245 bits per heavy atom. The summed E-state index contributed by atoms with van der Waals surface area (Å²) in [7, 11) is 0. The first-order valence-corrected chi connectivity index (χ1v) is 18.3. The molecule has 0 spiro atoms. The normalized spacial score (nSPS) is 11.4. The molecule has 0 radical (unpaired) electrons. The number of nitrogens with zero attached hydrogens (tertiary/aromatic N) is 1. The van der Waals surface area contributed by atoms with E-state index < -0.39 is 0 Å². The van der Waals surface area contributed by atoms with Crippen LogP contribution in [0.1, 0.15) is 0 Å². The average molecular weight is 674 g/mol. The molecule has 0 heterocycles. The zero-order valence-corrected chi connectivity index (χ0v) is 29.2. The Morgan fingerprint density at radius 2 is 0.736 bits per heavy atom. The number of hydrogen-bond acceptors (Lipinski definition) is 1. The number of rotatable bonds is 6. The number of benzene rings is 10. The van der Waals surface area contributed by atoms with Crippen molar-refractivity contribution in [2.24, 2.45) is 0 Å². The molecule has 0 bridgehead atoms. The summed E-state index contributed by atoms with van der Waals surface area (Å²) >= 11 is 0. The third kappa shape index (κ3) is 5.60. The van der Waals surface area contributed by atoms with Gasteiger partial charge in [0.25, 0.3) is 0 Å². The molecule has 1 heteroatoms. The van der Waals surface area contributed by atoms with Gasteiger partial charge in [0.05, 0.1) is 0 Å². The second kappa shape index (κ2) is 13.0. The van der Waals surface area contributed by atoms with Crippen LogP contribution < -0.4 is 4.90 Å². The zero-order valence-electron chi connectivity index (χ0n) is 29.2. The molecular formula is C52H35N. The van der Waals surface area contributed by atoms with Crippen molar-refractivity contribution < 1.29 is 0 Å². The van der Waals surface area contributed by atoms with E-state index >= 15 is 0 Å². The summed E-state index contributed by atoms with van der Waals surface area (Å²) in [6.45, 7) is 0. The van der Waals surface area contributed by atoms with Gasteiger partial charge in [0.1, 0.15) is 0 Å². The van der Waals surface area contributed by atoms with Gasteiger partial charge in [0.2, 0.25) is 0 Å². The summed E-state index contributed by atoms with van der Waals surface area (Å²) in [5.41, 5.74) is 10.6. The maximum absolute atomic E-state index is 2.37. The first-order valence-electron chi connectivity index (χ1n) is 18.3. The molecule has 10 rings (SSSR count). The van der Waals surface area contributed by atoms with Gasteiger partial charge >= 0.3 is 0 Å². The lowest BCUT2D eigenvalue weighted by atomic mass is 9.94. The van der Waals surface area contributed by atoms with E-state index in [9.17, 15) is 0 Å². The quantitative estimate of drug-likeness (QED) is 0.159. The predicted octanol–water partition coefficient (Wildman–Crippen LogP) is 14.8. The third-order valence-corrected chi connectivity index (χ3v) is 10.6. The van der Waals surface area contributed by atoms with Crippen molar-refractivity contribution in [1.29, 1.82) is 0 Å². The van der Waals surface area contributed by atoms with Crippen molar-refractivity contribution in [2.45, 2.75) is 0 Å². The molecule has 0 aliphatic heterocycles. The number of hydrogen-bond donors (Lipinski definition) is 0. The van der Waals surface area contributed by atoms with Gasteiger partial charge < -0.3 is 4.90 Å². The molecule has 0 aliphatic carbocycles. The fraction of sp³-hybridized carbons (Fsp3) is 0. The molecule has 0 saturated carbocycles. The summed E-state index contributed by atoms with van der Waals surface area (Å²) < 4.78 is 0. The first-order chi connectivity index (χ1) is 26.3. The Bertz CT molecular complexity index is 2910. The number of fused-ring (bicyclic) bond motifs is 6. The van der Waals surface area contributed by atoms with Crippen LogP contribution in [0.25, 0.3) is 76.5 Å². The van der Waals surface area contributed by atoms with Gasteiger partial charge in [-0.25, -0.2) is 0 Å². The van der Waals surface area contributed by atoms with E-state index in [0.717, 1.165) is 17.1 Å². The van der Waals surface area contributed by atoms with Crippen LogP contribution in [0.15, 0.2) is 212 Å². The van der Waals surface area contributed by atoms with Gasteiger partial charge in [-0.05, 0) is 119 Å². The van der Waals surface area contributed by atoms with Crippen LogP contribution in [0.4, 0.5) is 17.1 Å². The summed E-state index contributed by atoms with van der Waals surface area (Å²) in [6, 6.07) is 77.2. The first kappa shape index (κ1) is 30.8. The molecule has 10 aromatic rings. The number of anilines is 3. The minimum Gasteiger partial charge on any atom is -0.310 e. The van der Waals surface area contributed by atoms with Crippen molar-refractivity contribution >= 4 is 60.2 Å². The second-order valence-corrected chi connectivity index (χ2v) is 13.8. The monoisotopic (exact) mass is 673 g/mol. The Morgan fingerprint density at radius 3 is 1.49 bits per heavy atom. The van der Waals surface area contributed by atoms with Gasteiger partial charge in [-0.3, -0.25) is 0 Å². The topological polar surface area (TPSA) is 3.24 Å². The molecule has 0 saturated heterocycles. The average Bonchev–Trinajstić information content (AvgIpc) is 3.24. The van der Waals surface area contributed by atoms with Gasteiger partial charge in [0.15, 0.2) is 0 Å². The van der Waals surface area contributed by atoms with E-state index in [1.165, 1.54) is 76.5 Å². The van der Waals surface area contributed by atoms with E-state index in [4.69, 9.17) is 0 Å². The maximum atomic E-state index is 2.37. The molecular weight excluding hydrogens is 639 g/mol. The van der Waals surface area contributed by atoms with Crippen LogP contribution >= 0.6 is 0 Å². The third-order valence-electron chi connectivity index (χ3n) is 10.6. The Hall–Kier alpha value is -6.96. The summed E-state index contributed by atoms with van der Waals surface area (Å²) in [5.74, 6) is 0.